The molecule has 0 bridgehead atoms. The summed E-state index contributed by atoms with van der Waals surface area (Å²) in [5.41, 5.74) is 0.643. The molecule has 4 heteroatoms. The topological polar surface area (TPSA) is 46.9 Å². The SMILES string of the molecule is CNC(=O)c1cnn(C2CC2)c1. The van der Waals surface area contributed by atoms with Gasteiger partial charge in [0.2, 0.25) is 0 Å². The molecule has 12 heavy (non-hydrogen) atoms. The van der Waals surface area contributed by atoms with Crippen LogP contribution in [0.25, 0.3) is 0 Å². The molecule has 2 rings (SSSR count). The van der Waals surface area contributed by atoms with E-state index in [2.05, 4.69) is 10.4 Å². The van der Waals surface area contributed by atoms with Gasteiger partial charge in [-0.1, -0.05) is 0 Å². The van der Waals surface area contributed by atoms with Gasteiger partial charge in [0.1, 0.15) is 0 Å². The number of carbonyl (C=O) groups excluding carboxylic acids is 1. The Morgan fingerprint density at radius 1 is 1.75 bits per heavy atom. The summed E-state index contributed by atoms with van der Waals surface area (Å²) in [5.74, 6) is -0.0677. The molecule has 1 aromatic rings. The molecular weight excluding hydrogens is 154 g/mol. The van der Waals surface area contributed by atoms with Crippen molar-refractivity contribution in [2.75, 3.05) is 7.05 Å². The van der Waals surface area contributed by atoms with Crippen LogP contribution >= 0.6 is 0 Å². The number of aromatic nitrogens is 2. The van der Waals surface area contributed by atoms with E-state index < -0.39 is 0 Å². The van der Waals surface area contributed by atoms with E-state index in [0.717, 1.165) is 0 Å². The number of carbonyl (C=O) groups is 1. The first kappa shape index (κ1) is 7.34. The first-order chi connectivity index (χ1) is 5.81. The fourth-order valence-corrected chi connectivity index (χ4v) is 1.14. The summed E-state index contributed by atoms with van der Waals surface area (Å²) >= 11 is 0. The molecule has 1 fully saturated rings. The first-order valence-corrected chi connectivity index (χ1v) is 4.07. The van der Waals surface area contributed by atoms with Gasteiger partial charge < -0.3 is 5.32 Å². The van der Waals surface area contributed by atoms with Crippen LogP contribution < -0.4 is 5.32 Å². The summed E-state index contributed by atoms with van der Waals surface area (Å²) in [7, 11) is 1.62. The monoisotopic (exact) mass is 165 g/mol. The maximum Gasteiger partial charge on any atom is 0.254 e. The maximum absolute atomic E-state index is 11.1. The van der Waals surface area contributed by atoms with Gasteiger partial charge in [-0.3, -0.25) is 9.48 Å². The van der Waals surface area contributed by atoms with Crippen LogP contribution in [0.1, 0.15) is 29.2 Å². The van der Waals surface area contributed by atoms with Crippen molar-refractivity contribution in [3.8, 4) is 0 Å². The highest BCUT2D eigenvalue weighted by Gasteiger charge is 2.24. The average molecular weight is 165 g/mol. The minimum atomic E-state index is -0.0677. The number of hydrogen-bond donors (Lipinski definition) is 1. The quantitative estimate of drug-likeness (QED) is 0.696. The highest BCUT2D eigenvalue weighted by Crippen LogP contribution is 2.33. The van der Waals surface area contributed by atoms with Crippen molar-refractivity contribution in [2.24, 2.45) is 0 Å². The van der Waals surface area contributed by atoms with Crippen molar-refractivity contribution in [3.63, 3.8) is 0 Å². The van der Waals surface area contributed by atoms with Gasteiger partial charge in [0.05, 0.1) is 17.8 Å². The summed E-state index contributed by atoms with van der Waals surface area (Å²) in [6.07, 6.45) is 5.79. The molecule has 1 saturated carbocycles. The third-order valence-corrected chi connectivity index (χ3v) is 2.01. The Balaban J connectivity index is 2.17. The Hall–Kier alpha value is -1.32. The van der Waals surface area contributed by atoms with E-state index in [1.165, 1.54) is 12.8 Å². The maximum atomic E-state index is 11.1. The van der Waals surface area contributed by atoms with Gasteiger partial charge in [-0.25, -0.2) is 0 Å². The van der Waals surface area contributed by atoms with E-state index in [9.17, 15) is 4.79 Å². The summed E-state index contributed by atoms with van der Waals surface area (Å²) < 4.78 is 1.87. The second-order valence-electron chi connectivity index (χ2n) is 3.02. The smallest absolute Gasteiger partial charge is 0.254 e. The molecule has 0 radical (unpaired) electrons. The minimum Gasteiger partial charge on any atom is -0.355 e. The standard InChI is InChI=1S/C8H11N3O/c1-9-8(12)6-4-10-11(5-6)7-2-3-7/h4-5,7H,2-3H2,1H3,(H,9,12). The number of nitrogens with one attached hydrogen (secondary N) is 1. The second kappa shape index (κ2) is 2.62. The van der Waals surface area contributed by atoms with Gasteiger partial charge in [-0.05, 0) is 12.8 Å². The summed E-state index contributed by atoms with van der Waals surface area (Å²) in [4.78, 5) is 11.1. The molecule has 0 atom stereocenters. The number of nitrogens with zero attached hydrogens (tertiary/aromatic N) is 2. The lowest BCUT2D eigenvalue weighted by Gasteiger charge is -1.94. The van der Waals surface area contributed by atoms with Crippen LogP contribution in [0.15, 0.2) is 12.4 Å². The molecule has 1 amide bonds. The van der Waals surface area contributed by atoms with Gasteiger partial charge in [-0.15, -0.1) is 0 Å². The van der Waals surface area contributed by atoms with Crippen LogP contribution in [0, 0.1) is 0 Å². The lowest BCUT2D eigenvalue weighted by atomic mass is 10.3. The van der Waals surface area contributed by atoms with E-state index in [1.807, 2.05) is 4.68 Å². The van der Waals surface area contributed by atoms with Crippen molar-refractivity contribution < 1.29 is 4.79 Å². The largest absolute Gasteiger partial charge is 0.355 e. The molecule has 1 aromatic heterocycles. The summed E-state index contributed by atoms with van der Waals surface area (Å²) in [5, 5.41) is 6.66. The molecule has 1 aliphatic carbocycles. The van der Waals surface area contributed by atoms with E-state index in [-0.39, 0.29) is 5.91 Å². The van der Waals surface area contributed by atoms with Crippen LogP contribution in [0.3, 0.4) is 0 Å². The Morgan fingerprint density at radius 3 is 3.08 bits per heavy atom. The van der Waals surface area contributed by atoms with Gasteiger partial charge in [0, 0.05) is 13.2 Å². The van der Waals surface area contributed by atoms with Crippen molar-refractivity contribution in [1.82, 2.24) is 15.1 Å². The molecular formula is C8H11N3O. The molecule has 64 valence electrons. The highest BCUT2D eigenvalue weighted by atomic mass is 16.1. The van der Waals surface area contributed by atoms with Crippen molar-refractivity contribution in [3.05, 3.63) is 18.0 Å². The third kappa shape index (κ3) is 1.20. The van der Waals surface area contributed by atoms with Gasteiger partial charge >= 0.3 is 0 Å². The molecule has 1 N–H and O–H groups in total. The van der Waals surface area contributed by atoms with Crippen LogP contribution in [0.2, 0.25) is 0 Å². The average Bonchev–Trinajstić information content (AvgIpc) is 2.83. The predicted octanol–water partition coefficient (Wildman–Crippen LogP) is 0.578. The zero-order valence-electron chi connectivity index (χ0n) is 6.95. The van der Waals surface area contributed by atoms with Crippen LogP contribution in [0.4, 0.5) is 0 Å². The van der Waals surface area contributed by atoms with E-state index in [1.54, 1.807) is 19.4 Å². The Morgan fingerprint density at radius 2 is 2.50 bits per heavy atom. The third-order valence-electron chi connectivity index (χ3n) is 2.01. The van der Waals surface area contributed by atoms with Gasteiger partial charge in [0.15, 0.2) is 0 Å². The van der Waals surface area contributed by atoms with Gasteiger partial charge in [-0.2, -0.15) is 5.10 Å². The number of amides is 1. The molecule has 0 aromatic carbocycles. The molecule has 1 heterocycles. The molecule has 0 unspecified atom stereocenters. The minimum absolute atomic E-state index is 0.0677. The van der Waals surface area contributed by atoms with Crippen LogP contribution in [-0.4, -0.2) is 22.7 Å². The summed E-state index contributed by atoms with van der Waals surface area (Å²) in [6.45, 7) is 0. The Labute approximate surface area is 70.6 Å². The molecule has 1 aliphatic rings. The van der Waals surface area contributed by atoms with Crippen molar-refractivity contribution in [1.29, 1.82) is 0 Å². The molecule has 0 aliphatic heterocycles. The van der Waals surface area contributed by atoms with Crippen LogP contribution in [0.5, 0.6) is 0 Å². The van der Waals surface area contributed by atoms with Crippen LogP contribution in [-0.2, 0) is 0 Å². The zero-order chi connectivity index (χ0) is 8.55. The predicted molar refractivity (Wildman–Crippen MR) is 43.9 cm³/mol. The van der Waals surface area contributed by atoms with E-state index in [0.29, 0.717) is 11.6 Å². The molecule has 0 spiro atoms. The molecule has 0 saturated heterocycles. The Bertz CT molecular complexity index is 301. The van der Waals surface area contributed by atoms with Crippen molar-refractivity contribution in [2.45, 2.75) is 18.9 Å². The van der Waals surface area contributed by atoms with Crippen molar-refractivity contribution >= 4 is 5.91 Å². The van der Waals surface area contributed by atoms with E-state index >= 15 is 0 Å². The number of hydrogen-bond acceptors (Lipinski definition) is 2. The van der Waals surface area contributed by atoms with E-state index in [4.69, 9.17) is 0 Å². The Kier molecular flexibility index (Phi) is 1.60. The van der Waals surface area contributed by atoms with Gasteiger partial charge in [0.25, 0.3) is 5.91 Å². The normalized spacial score (nSPS) is 16.1. The second-order valence-corrected chi connectivity index (χ2v) is 3.02. The fourth-order valence-electron chi connectivity index (χ4n) is 1.14. The lowest BCUT2D eigenvalue weighted by molar-refractivity contribution is 0.0963. The number of rotatable bonds is 2. The molecule has 4 nitrogen and oxygen atoms in total. The lowest BCUT2D eigenvalue weighted by Crippen LogP contribution is -2.16. The highest BCUT2D eigenvalue weighted by molar-refractivity contribution is 5.93. The first-order valence-electron chi connectivity index (χ1n) is 4.07. The fraction of sp³-hybridized carbons (Fsp3) is 0.500. The summed E-state index contributed by atoms with van der Waals surface area (Å²) in [6, 6.07) is 0.545. The zero-order valence-corrected chi connectivity index (χ0v) is 6.95.